The molecule has 1 aromatic rings. The monoisotopic (exact) mass is 371 g/mol. The number of benzene rings is 1. The molecule has 0 spiro atoms. The topological polar surface area (TPSA) is 123 Å². The van der Waals surface area contributed by atoms with E-state index in [2.05, 4.69) is 34.4 Å². The van der Waals surface area contributed by atoms with E-state index in [1.807, 2.05) is 12.1 Å². The van der Waals surface area contributed by atoms with Crippen LogP contribution < -0.4 is 22.1 Å². The van der Waals surface area contributed by atoms with Crippen molar-refractivity contribution in [1.82, 2.24) is 10.6 Å². The van der Waals surface area contributed by atoms with Crippen LogP contribution in [0.4, 0.5) is 0 Å². The highest BCUT2D eigenvalue weighted by atomic mass is 32.2. The van der Waals surface area contributed by atoms with Crippen LogP contribution in [0.2, 0.25) is 0 Å². The predicted octanol–water partition coefficient (Wildman–Crippen LogP) is 0.117. The van der Waals surface area contributed by atoms with Crippen molar-refractivity contribution in [1.29, 1.82) is 0 Å². The third-order valence-electron chi connectivity index (χ3n) is 4.52. The average Bonchev–Trinajstić information content (AvgIpc) is 2.62. The van der Waals surface area contributed by atoms with Crippen molar-refractivity contribution in [3.05, 3.63) is 35.4 Å². The van der Waals surface area contributed by atoms with Crippen molar-refractivity contribution >= 4 is 29.4 Å². The van der Waals surface area contributed by atoms with Crippen molar-refractivity contribution < 1.29 is 9.59 Å². The Kier molecular flexibility index (Phi) is 5.32. The molecule has 0 aliphatic carbocycles. The number of hydrogen-bond donors (Lipinski definition) is 4. The van der Waals surface area contributed by atoms with Crippen LogP contribution in [0.3, 0.4) is 0 Å². The minimum atomic E-state index is -0.594. The van der Waals surface area contributed by atoms with Crippen LogP contribution in [-0.4, -0.2) is 35.4 Å². The molecule has 26 heavy (non-hydrogen) atoms. The van der Waals surface area contributed by atoms with Crippen molar-refractivity contribution in [2.45, 2.75) is 24.4 Å². The van der Waals surface area contributed by atoms with Gasteiger partial charge in [-0.05, 0) is 42.7 Å². The van der Waals surface area contributed by atoms with Crippen LogP contribution >= 0.6 is 11.8 Å². The van der Waals surface area contributed by atoms with Gasteiger partial charge in [-0.25, -0.2) is 0 Å². The van der Waals surface area contributed by atoms with Crippen LogP contribution in [0.25, 0.3) is 0 Å². The molecule has 2 heterocycles. The number of nitrogens with zero attached hydrogens (tertiary/aromatic N) is 1. The largest absolute Gasteiger partial charge is 0.369 e. The summed E-state index contributed by atoms with van der Waals surface area (Å²) >= 11 is 1.69. The molecule has 3 atom stereocenters. The van der Waals surface area contributed by atoms with E-state index in [4.69, 9.17) is 11.5 Å². The maximum Gasteiger partial charge on any atom is 0.257 e. The third kappa shape index (κ3) is 4.07. The normalized spacial score (nSPS) is 27.7. The standard InChI is InChI=1S/C18H21N5O2S/c1-18(8-9-26-17(20)23-18)13-5-2-11(3-6-13)16(25)22-14-7-4-12(10-21-14)15(19)24/h2-3,5-6,12,17,23H,8-10,20H2,1H3,(H2,19,24)(H,21,22,25). The minimum Gasteiger partial charge on any atom is -0.369 e. The number of aliphatic imine (C=N–C) groups is 1. The molecular weight excluding hydrogens is 350 g/mol. The van der Waals surface area contributed by atoms with E-state index in [9.17, 15) is 9.59 Å². The highest BCUT2D eigenvalue weighted by Gasteiger charge is 2.32. The number of primary amides is 1. The predicted molar refractivity (Wildman–Crippen MR) is 102 cm³/mol. The molecule has 0 saturated carbocycles. The molecule has 7 nitrogen and oxygen atoms in total. The molecule has 2 aliphatic heterocycles. The maximum absolute atomic E-state index is 12.4. The number of nitrogens with two attached hydrogens (primary N) is 2. The zero-order valence-electron chi connectivity index (χ0n) is 14.4. The van der Waals surface area contributed by atoms with Gasteiger partial charge >= 0.3 is 0 Å². The Morgan fingerprint density at radius 1 is 1.38 bits per heavy atom. The molecular formula is C18H21N5O2S. The molecule has 2 amide bonds. The molecule has 136 valence electrons. The van der Waals surface area contributed by atoms with Gasteiger partial charge in [0.15, 0.2) is 5.84 Å². The molecule has 3 rings (SSSR count). The van der Waals surface area contributed by atoms with E-state index in [0.29, 0.717) is 5.56 Å². The first-order chi connectivity index (χ1) is 12.4. The first kappa shape index (κ1) is 18.5. The third-order valence-corrected chi connectivity index (χ3v) is 5.43. The van der Waals surface area contributed by atoms with Crippen molar-refractivity contribution in [3.63, 3.8) is 0 Å². The summed E-state index contributed by atoms with van der Waals surface area (Å²) in [5, 5.41) is 6.06. The Labute approximate surface area is 156 Å². The number of amidine groups is 1. The SMILES string of the molecule is CC1(c2ccc(C(=O)NC3=NCC(C(N)=O)C#C3)cc2)CCSC(N)N1. The second-order valence-corrected chi connectivity index (χ2v) is 7.71. The summed E-state index contributed by atoms with van der Waals surface area (Å²) in [5.74, 6) is 5.20. The first-order valence-corrected chi connectivity index (χ1v) is 9.34. The molecule has 8 heteroatoms. The summed E-state index contributed by atoms with van der Waals surface area (Å²) < 4.78 is 0. The molecule has 3 unspecified atom stereocenters. The fourth-order valence-electron chi connectivity index (χ4n) is 2.87. The number of carbonyl (C=O) groups is 2. The Bertz CT molecular complexity index is 811. The average molecular weight is 371 g/mol. The number of amides is 2. The summed E-state index contributed by atoms with van der Waals surface area (Å²) in [6.45, 7) is 2.28. The van der Waals surface area contributed by atoms with Gasteiger partial charge in [0.2, 0.25) is 5.91 Å². The zero-order valence-corrected chi connectivity index (χ0v) is 15.2. The van der Waals surface area contributed by atoms with E-state index in [1.165, 1.54) is 0 Å². The van der Waals surface area contributed by atoms with Gasteiger partial charge in [0.1, 0.15) is 11.4 Å². The van der Waals surface area contributed by atoms with Crippen molar-refractivity contribution in [3.8, 4) is 11.8 Å². The summed E-state index contributed by atoms with van der Waals surface area (Å²) in [6, 6.07) is 7.41. The number of carbonyl (C=O) groups excluding carboxylic acids is 2. The number of thioether (sulfide) groups is 1. The molecule has 1 aromatic carbocycles. The number of rotatable bonds is 3. The van der Waals surface area contributed by atoms with Gasteiger partial charge in [-0.1, -0.05) is 18.1 Å². The second kappa shape index (κ2) is 7.50. The van der Waals surface area contributed by atoms with Gasteiger partial charge < -0.3 is 11.5 Å². The van der Waals surface area contributed by atoms with Gasteiger partial charge in [0, 0.05) is 11.1 Å². The van der Waals surface area contributed by atoms with E-state index >= 15 is 0 Å². The lowest BCUT2D eigenvalue weighted by molar-refractivity contribution is -0.119. The Morgan fingerprint density at radius 3 is 2.69 bits per heavy atom. The van der Waals surface area contributed by atoms with Gasteiger partial charge in [0.25, 0.3) is 5.91 Å². The van der Waals surface area contributed by atoms with Gasteiger partial charge in [-0.2, -0.15) is 0 Å². The lowest BCUT2D eigenvalue weighted by atomic mass is 9.88. The zero-order chi connectivity index (χ0) is 18.7. The molecule has 0 bridgehead atoms. The van der Waals surface area contributed by atoms with Crippen molar-refractivity contribution in [2.75, 3.05) is 12.3 Å². The summed E-state index contributed by atoms with van der Waals surface area (Å²) in [5.41, 5.74) is 12.5. The lowest BCUT2D eigenvalue weighted by Gasteiger charge is -2.38. The van der Waals surface area contributed by atoms with Crippen molar-refractivity contribution in [2.24, 2.45) is 22.4 Å². The van der Waals surface area contributed by atoms with E-state index in [1.54, 1.807) is 23.9 Å². The number of nitrogens with one attached hydrogen (secondary N) is 2. The molecule has 1 fully saturated rings. The smallest absolute Gasteiger partial charge is 0.257 e. The Balaban J connectivity index is 1.66. The number of hydrogen-bond acceptors (Lipinski definition) is 6. The molecule has 0 radical (unpaired) electrons. The molecule has 1 saturated heterocycles. The Morgan fingerprint density at radius 2 is 2.12 bits per heavy atom. The highest BCUT2D eigenvalue weighted by molar-refractivity contribution is 7.99. The minimum absolute atomic E-state index is 0.0937. The van der Waals surface area contributed by atoms with Gasteiger partial charge in [-0.15, -0.1) is 11.8 Å². The second-order valence-electron chi connectivity index (χ2n) is 6.46. The summed E-state index contributed by atoms with van der Waals surface area (Å²) in [4.78, 5) is 27.5. The van der Waals surface area contributed by atoms with Gasteiger partial charge in [0.05, 0.1) is 6.54 Å². The van der Waals surface area contributed by atoms with E-state index < -0.39 is 11.8 Å². The van der Waals surface area contributed by atoms with Crippen LogP contribution in [0.1, 0.15) is 29.3 Å². The van der Waals surface area contributed by atoms with Gasteiger partial charge in [-0.3, -0.25) is 25.2 Å². The summed E-state index contributed by atoms with van der Waals surface area (Å²) in [6.07, 6.45) is 0.963. The maximum atomic E-state index is 12.4. The summed E-state index contributed by atoms with van der Waals surface area (Å²) in [7, 11) is 0. The van der Waals surface area contributed by atoms with Crippen LogP contribution in [0.15, 0.2) is 29.3 Å². The van der Waals surface area contributed by atoms with E-state index in [0.717, 1.165) is 17.7 Å². The highest BCUT2D eigenvalue weighted by Crippen LogP contribution is 2.32. The Hall–Kier alpha value is -2.34. The molecule has 0 aromatic heterocycles. The lowest BCUT2D eigenvalue weighted by Crippen LogP contribution is -2.52. The van der Waals surface area contributed by atoms with Crippen LogP contribution in [0, 0.1) is 17.8 Å². The van der Waals surface area contributed by atoms with Crippen LogP contribution in [0.5, 0.6) is 0 Å². The fourth-order valence-corrected chi connectivity index (χ4v) is 3.99. The molecule has 2 aliphatic rings. The van der Waals surface area contributed by atoms with Crippen LogP contribution in [-0.2, 0) is 10.3 Å². The molecule has 6 N–H and O–H groups in total. The fraction of sp³-hybridized carbons (Fsp3) is 0.389. The quantitative estimate of drug-likeness (QED) is 0.562. The first-order valence-electron chi connectivity index (χ1n) is 8.29. The van der Waals surface area contributed by atoms with E-state index in [-0.39, 0.29) is 29.3 Å².